The van der Waals surface area contributed by atoms with Gasteiger partial charge in [0.1, 0.15) is 0 Å². The second-order valence-electron chi connectivity index (χ2n) is 4.34. The first-order chi connectivity index (χ1) is 9.36. The van der Waals surface area contributed by atoms with E-state index in [4.69, 9.17) is 0 Å². The van der Waals surface area contributed by atoms with Crippen molar-refractivity contribution in [3.05, 3.63) is 84.4 Å². The van der Waals surface area contributed by atoms with E-state index >= 15 is 0 Å². The molecule has 0 saturated carbocycles. The Hall–Kier alpha value is -2.35. The van der Waals surface area contributed by atoms with Gasteiger partial charge in [-0.25, -0.2) is 0 Å². The van der Waals surface area contributed by atoms with E-state index in [-0.39, 0.29) is 5.92 Å². The third-order valence-corrected chi connectivity index (χ3v) is 3.11. The molecule has 1 N–H and O–H groups in total. The highest BCUT2D eigenvalue weighted by Crippen LogP contribution is 2.25. The fourth-order valence-electron chi connectivity index (χ4n) is 2.20. The molecule has 0 fully saturated rings. The zero-order valence-corrected chi connectivity index (χ0v) is 10.7. The van der Waals surface area contributed by atoms with Crippen LogP contribution in [0.5, 0.6) is 0 Å². The van der Waals surface area contributed by atoms with Crippen molar-refractivity contribution >= 4 is 5.71 Å². The molecule has 2 nitrogen and oxygen atoms in total. The molecule has 0 aromatic heterocycles. The summed E-state index contributed by atoms with van der Waals surface area (Å²) >= 11 is 0. The molecule has 2 heteroatoms. The fraction of sp³-hybridized carbons (Fsp3) is 0.118. The number of oxime groups is 1. The lowest BCUT2D eigenvalue weighted by atomic mass is 9.87. The normalized spacial score (nSPS) is 12.9. The average molecular weight is 251 g/mol. The van der Waals surface area contributed by atoms with Crippen LogP contribution in [0.2, 0.25) is 0 Å². The van der Waals surface area contributed by atoms with Crippen molar-refractivity contribution in [3.63, 3.8) is 0 Å². The Labute approximate surface area is 113 Å². The molecule has 2 aromatic rings. The second kappa shape index (κ2) is 6.55. The van der Waals surface area contributed by atoms with Gasteiger partial charge in [0.15, 0.2) is 0 Å². The summed E-state index contributed by atoms with van der Waals surface area (Å²) in [6.45, 7) is 3.80. The predicted molar refractivity (Wildman–Crippen MR) is 78.8 cm³/mol. The van der Waals surface area contributed by atoms with Crippen LogP contribution in [-0.2, 0) is 0 Å². The Morgan fingerprint density at radius 1 is 1.05 bits per heavy atom. The third kappa shape index (κ3) is 3.10. The predicted octanol–water partition coefficient (Wildman–Crippen LogP) is 4.22. The van der Waals surface area contributed by atoms with Crippen molar-refractivity contribution in [2.24, 2.45) is 5.16 Å². The minimum Gasteiger partial charge on any atom is -0.411 e. The van der Waals surface area contributed by atoms with Gasteiger partial charge in [0.2, 0.25) is 0 Å². The molecule has 96 valence electrons. The highest BCUT2D eigenvalue weighted by atomic mass is 16.4. The maximum Gasteiger partial charge on any atom is 0.0945 e. The first-order valence-corrected chi connectivity index (χ1v) is 6.30. The Morgan fingerprint density at radius 2 is 1.63 bits per heavy atom. The number of rotatable bonds is 5. The SMILES string of the molecule is C=CCC(/C(=N\O)c1ccccc1)c1ccccc1. The van der Waals surface area contributed by atoms with Crippen LogP contribution >= 0.6 is 0 Å². The van der Waals surface area contributed by atoms with Crippen LogP contribution < -0.4 is 0 Å². The molecule has 19 heavy (non-hydrogen) atoms. The largest absolute Gasteiger partial charge is 0.411 e. The maximum atomic E-state index is 9.39. The van der Waals surface area contributed by atoms with E-state index in [0.717, 1.165) is 17.5 Å². The third-order valence-electron chi connectivity index (χ3n) is 3.11. The van der Waals surface area contributed by atoms with Gasteiger partial charge in [-0.1, -0.05) is 71.9 Å². The molecule has 0 bridgehead atoms. The number of nitrogens with zero attached hydrogens (tertiary/aromatic N) is 1. The van der Waals surface area contributed by atoms with E-state index in [1.54, 1.807) is 0 Å². The summed E-state index contributed by atoms with van der Waals surface area (Å²) in [7, 11) is 0. The molecular formula is C17H17NO. The van der Waals surface area contributed by atoms with E-state index in [1.165, 1.54) is 0 Å². The van der Waals surface area contributed by atoms with E-state index < -0.39 is 0 Å². The Kier molecular flexibility index (Phi) is 4.51. The zero-order valence-electron chi connectivity index (χ0n) is 10.7. The highest BCUT2D eigenvalue weighted by molar-refractivity contribution is 6.04. The highest BCUT2D eigenvalue weighted by Gasteiger charge is 2.19. The minimum atomic E-state index is 0.0195. The zero-order chi connectivity index (χ0) is 13.5. The van der Waals surface area contributed by atoms with Gasteiger partial charge in [-0.05, 0) is 17.5 Å². The average Bonchev–Trinajstić information content (AvgIpc) is 2.49. The molecule has 0 radical (unpaired) electrons. The van der Waals surface area contributed by atoms with Crippen LogP contribution in [0.1, 0.15) is 23.5 Å². The standard InChI is InChI=1S/C17H17NO/c1-2-9-16(14-10-5-3-6-11-14)17(18-19)15-12-7-4-8-13-15/h2-8,10-13,16,19H,1,9H2/b18-17-. The van der Waals surface area contributed by atoms with Crippen molar-refractivity contribution in [3.8, 4) is 0 Å². The molecule has 0 aliphatic carbocycles. The molecule has 0 aliphatic rings. The van der Waals surface area contributed by atoms with Gasteiger partial charge in [-0.3, -0.25) is 0 Å². The van der Waals surface area contributed by atoms with Crippen LogP contribution in [0.3, 0.4) is 0 Å². The molecule has 0 amide bonds. The second-order valence-corrected chi connectivity index (χ2v) is 4.34. The first kappa shape index (κ1) is 13.1. The summed E-state index contributed by atoms with van der Waals surface area (Å²) in [5.41, 5.74) is 2.73. The summed E-state index contributed by atoms with van der Waals surface area (Å²) in [5, 5.41) is 12.9. The Bertz CT molecular complexity index is 546. The van der Waals surface area contributed by atoms with Crippen LogP contribution in [0.4, 0.5) is 0 Å². The van der Waals surface area contributed by atoms with E-state index in [9.17, 15) is 5.21 Å². The monoisotopic (exact) mass is 251 g/mol. The lowest BCUT2D eigenvalue weighted by Gasteiger charge is -2.17. The molecule has 0 saturated heterocycles. The molecule has 0 aliphatic heterocycles. The van der Waals surface area contributed by atoms with E-state index in [1.807, 2.05) is 66.7 Å². The van der Waals surface area contributed by atoms with Crippen molar-refractivity contribution < 1.29 is 5.21 Å². The fourth-order valence-corrected chi connectivity index (χ4v) is 2.20. The van der Waals surface area contributed by atoms with Gasteiger partial charge in [0, 0.05) is 5.92 Å². The number of benzene rings is 2. The molecule has 1 atom stereocenters. The van der Waals surface area contributed by atoms with E-state index in [0.29, 0.717) is 5.71 Å². The summed E-state index contributed by atoms with van der Waals surface area (Å²) in [4.78, 5) is 0. The molecule has 0 heterocycles. The molecule has 0 spiro atoms. The van der Waals surface area contributed by atoms with Crippen LogP contribution in [0.15, 0.2) is 78.5 Å². The topological polar surface area (TPSA) is 32.6 Å². The van der Waals surface area contributed by atoms with Crippen LogP contribution in [-0.4, -0.2) is 10.9 Å². The van der Waals surface area contributed by atoms with Crippen molar-refractivity contribution in [2.45, 2.75) is 12.3 Å². The van der Waals surface area contributed by atoms with Gasteiger partial charge in [0.05, 0.1) is 5.71 Å². The summed E-state index contributed by atoms with van der Waals surface area (Å²) in [6, 6.07) is 19.8. The first-order valence-electron chi connectivity index (χ1n) is 6.30. The van der Waals surface area contributed by atoms with Gasteiger partial charge in [-0.2, -0.15) is 0 Å². The van der Waals surface area contributed by atoms with Gasteiger partial charge >= 0.3 is 0 Å². The molecular weight excluding hydrogens is 234 g/mol. The maximum absolute atomic E-state index is 9.39. The molecule has 2 rings (SSSR count). The number of allylic oxidation sites excluding steroid dienone is 1. The number of hydrogen-bond acceptors (Lipinski definition) is 2. The van der Waals surface area contributed by atoms with Crippen molar-refractivity contribution in [1.29, 1.82) is 0 Å². The van der Waals surface area contributed by atoms with Gasteiger partial charge < -0.3 is 5.21 Å². The van der Waals surface area contributed by atoms with Crippen molar-refractivity contribution in [1.82, 2.24) is 0 Å². The van der Waals surface area contributed by atoms with Gasteiger partial charge in [-0.15, -0.1) is 6.58 Å². The van der Waals surface area contributed by atoms with Gasteiger partial charge in [0.25, 0.3) is 0 Å². The minimum absolute atomic E-state index is 0.0195. The summed E-state index contributed by atoms with van der Waals surface area (Å²) in [5.74, 6) is 0.0195. The number of hydrogen-bond donors (Lipinski definition) is 1. The van der Waals surface area contributed by atoms with Crippen LogP contribution in [0.25, 0.3) is 0 Å². The van der Waals surface area contributed by atoms with E-state index in [2.05, 4.69) is 11.7 Å². The lowest BCUT2D eigenvalue weighted by molar-refractivity contribution is 0.317. The van der Waals surface area contributed by atoms with Crippen molar-refractivity contribution in [2.75, 3.05) is 0 Å². The summed E-state index contributed by atoms with van der Waals surface area (Å²) < 4.78 is 0. The van der Waals surface area contributed by atoms with Crippen LogP contribution in [0, 0.1) is 0 Å². The Balaban J connectivity index is 2.41. The quantitative estimate of drug-likeness (QED) is 0.367. The smallest absolute Gasteiger partial charge is 0.0945 e. The summed E-state index contributed by atoms with van der Waals surface area (Å²) in [6.07, 6.45) is 2.59. The molecule has 2 aromatic carbocycles. The molecule has 1 unspecified atom stereocenters. The lowest BCUT2D eigenvalue weighted by Crippen LogP contribution is -2.13. The Morgan fingerprint density at radius 3 is 2.16 bits per heavy atom.